The van der Waals surface area contributed by atoms with E-state index < -0.39 is 0 Å². The quantitative estimate of drug-likeness (QED) is 0.705. The fraction of sp³-hybridized carbons (Fsp3) is 0.125. The maximum atomic E-state index is 5.90. The molecule has 0 aromatic carbocycles. The van der Waals surface area contributed by atoms with Crippen LogP contribution in [0.25, 0.3) is 11.4 Å². The summed E-state index contributed by atoms with van der Waals surface area (Å²) in [5, 5.41) is 15.8. The Bertz CT molecular complexity index is 442. The van der Waals surface area contributed by atoms with Crippen molar-refractivity contribution in [3.05, 3.63) is 29.3 Å². The fourth-order valence-corrected chi connectivity index (χ4v) is 1.15. The van der Waals surface area contributed by atoms with E-state index in [-0.39, 0.29) is 0 Å². The molecule has 0 saturated heterocycles. The summed E-state index contributed by atoms with van der Waals surface area (Å²) in [4.78, 5) is 3.86. The zero-order valence-electron chi connectivity index (χ0n) is 7.35. The van der Waals surface area contributed by atoms with E-state index in [4.69, 9.17) is 11.6 Å². The lowest BCUT2D eigenvalue weighted by Gasteiger charge is -1.99. The monoisotopic (exact) mass is 207 g/mol. The van der Waals surface area contributed by atoms with Crippen molar-refractivity contribution in [1.82, 2.24) is 25.4 Å². The van der Waals surface area contributed by atoms with Crippen molar-refractivity contribution in [3.63, 3.8) is 0 Å². The SMILES string of the molecule is Cc1nnc(-c2ccncc2Cl)nn1. The van der Waals surface area contributed by atoms with E-state index in [1.54, 1.807) is 19.2 Å². The molecular weight excluding hydrogens is 202 g/mol. The number of hydrogen-bond acceptors (Lipinski definition) is 5. The van der Waals surface area contributed by atoms with Crippen LogP contribution in [0.2, 0.25) is 5.02 Å². The first-order chi connectivity index (χ1) is 6.77. The van der Waals surface area contributed by atoms with Crippen molar-refractivity contribution >= 4 is 11.6 Å². The molecule has 0 saturated carbocycles. The molecule has 0 aliphatic carbocycles. The van der Waals surface area contributed by atoms with Gasteiger partial charge in [-0.2, -0.15) is 0 Å². The highest BCUT2D eigenvalue weighted by atomic mass is 35.5. The summed E-state index contributed by atoms with van der Waals surface area (Å²) in [6.45, 7) is 1.72. The van der Waals surface area contributed by atoms with E-state index in [1.165, 1.54) is 6.20 Å². The number of aromatic nitrogens is 5. The van der Waals surface area contributed by atoms with Gasteiger partial charge in [-0.25, -0.2) is 0 Å². The highest BCUT2D eigenvalue weighted by Gasteiger charge is 2.06. The van der Waals surface area contributed by atoms with Gasteiger partial charge in [0.15, 0.2) is 5.82 Å². The second-order valence-corrected chi connectivity index (χ2v) is 3.03. The highest BCUT2D eigenvalue weighted by Crippen LogP contribution is 2.21. The molecule has 0 fully saturated rings. The van der Waals surface area contributed by atoms with Gasteiger partial charge in [0.1, 0.15) is 0 Å². The zero-order chi connectivity index (χ0) is 9.97. The molecule has 2 rings (SSSR count). The molecule has 2 aromatic rings. The van der Waals surface area contributed by atoms with Crippen LogP contribution in [0.3, 0.4) is 0 Å². The molecule has 70 valence electrons. The smallest absolute Gasteiger partial charge is 0.205 e. The minimum absolute atomic E-state index is 0.406. The van der Waals surface area contributed by atoms with E-state index in [2.05, 4.69) is 25.4 Å². The molecule has 0 unspecified atom stereocenters. The predicted molar refractivity (Wildman–Crippen MR) is 50.6 cm³/mol. The lowest BCUT2D eigenvalue weighted by molar-refractivity contribution is 0.816. The van der Waals surface area contributed by atoms with Gasteiger partial charge in [-0.15, -0.1) is 20.4 Å². The zero-order valence-corrected chi connectivity index (χ0v) is 8.10. The van der Waals surface area contributed by atoms with Gasteiger partial charge < -0.3 is 0 Å². The van der Waals surface area contributed by atoms with Crippen LogP contribution in [0, 0.1) is 6.92 Å². The number of halogens is 1. The topological polar surface area (TPSA) is 64.5 Å². The van der Waals surface area contributed by atoms with E-state index in [0.717, 1.165) is 0 Å². The average Bonchev–Trinajstić information content (AvgIpc) is 2.20. The lowest BCUT2D eigenvalue weighted by atomic mass is 10.2. The summed E-state index contributed by atoms with van der Waals surface area (Å²) in [5.41, 5.74) is 0.682. The minimum atomic E-state index is 0.406. The van der Waals surface area contributed by atoms with Crippen LogP contribution < -0.4 is 0 Å². The summed E-state index contributed by atoms with van der Waals surface area (Å²) >= 11 is 5.90. The maximum absolute atomic E-state index is 5.90. The number of nitrogens with zero attached hydrogens (tertiary/aromatic N) is 5. The summed E-state index contributed by atoms with van der Waals surface area (Å²) in [5.74, 6) is 0.932. The summed E-state index contributed by atoms with van der Waals surface area (Å²) < 4.78 is 0. The molecule has 6 heteroatoms. The van der Waals surface area contributed by atoms with Gasteiger partial charge in [0, 0.05) is 18.0 Å². The second-order valence-electron chi connectivity index (χ2n) is 2.63. The Labute approximate surface area is 85.2 Å². The molecule has 5 nitrogen and oxygen atoms in total. The largest absolute Gasteiger partial charge is 0.263 e. The van der Waals surface area contributed by atoms with E-state index in [1.807, 2.05) is 0 Å². The second kappa shape index (κ2) is 3.63. The third-order valence-electron chi connectivity index (χ3n) is 1.59. The van der Waals surface area contributed by atoms with Crippen LogP contribution in [-0.2, 0) is 0 Å². The predicted octanol–water partition coefficient (Wildman–Crippen LogP) is 1.29. The molecule has 0 radical (unpaired) electrons. The Morgan fingerprint density at radius 1 is 1.14 bits per heavy atom. The number of hydrogen-bond donors (Lipinski definition) is 0. The van der Waals surface area contributed by atoms with Crippen LogP contribution in [0.15, 0.2) is 18.5 Å². The van der Waals surface area contributed by atoms with Gasteiger partial charge >= 0.3 is 0 Å². The van der Waals surface area contributed by atoms with Crippen molar-refractivity contribution in [3.8, 4) is 11.4 Å². The molecule has 0 amide bonds. The maximum Gasteiger partial charge on any atom is 0.205 e. The Kier molecular flexibility index (Phi) is 2.32. The van der Waals surface area contributed by atoms with Crippen LogP contribution in [-0.4, -0.2) is 25.4 Å². The molecule has 0 spiro atoms. The summed E-state index contributed by atoms with van der Waals surface area (Å²) in [6, 6.07) is 1.72. The molecule has 2 aromatic heterocycles. The Hall–Kier alpha value is -1.62. The first kappa shape index (κ1) is 8.96. The van der Waals surface area contributed by atoms with Crippen molar-refractivity contribution < 1.29 is 0 Å². The molecule has 14 heavy (non-hydrogen) atoms. The van der Waals surface area contributed by atoms with Crippen LogP contribution in [0.1, 0.15) is 5.82 Å². The minimum Gasteiger partial charge on any atom is -0.263 e. The lowest BCUT2D eigenvalue weighted by Crippen LogP contribution is -1.98. The molecule has 0 atom stereocenters. The Balaban J connectivity index is 2.50. The normalized spacial score (nSPS) is 10.1. The van der Waals surface area contributed by atoms with Crippen LogP contribution in [0.4, 0.5) is 0 Å². The van der Waals surface area contributed by atoms with Gasteiger partial charge in [0.25, 0.3) is 0 Å². The molecule has 0 aliphatic heterocycles. The summed E-state index contributed by atoms with van der Waals surface area (Å²) in [7, 11) is 0. The van der Waals surface area contributed by atoms with Crippen molar-refractivity contribution in [2.75, 3.05) is 0 Å². The number of aryl methyl sites for hydroxylation is 1. The van der Waals surface area contributed by atoms with Gasteiger partial charge in [0.2, 0.25) is 5.82 Å². The van der Waals surface area contributed by atoms with Crippen molar-refractivity contribution in [2.24, 2.45) is 0 Å². The van der Waals surface area contributed by atoms with E-state index in [0.29, 0.717) is 22.2 Å². The van der Waals surface area contributed by atoms with Crippen LogP contribution >= 0.6 is 11.6 Å². The molecule has 0 bridgehead atoms. The van der Waals surface area contributed by atoms with Crippen molar-refractivity contribution in [2.45, 2.75) is 6.92 Å². The average molecular weight is 208 g/mol. The summed E-state index contributed by atoms with van der Waals surface area (Å²) in [6.07, 6.45) is 3.14. The first-order valence-electron chi connectivity index (χ1n) is 3.91. The molecule has 2 heterocycles. The van der Waals surface area contributed by atoms with E-state index >= 15 is 0 Å². The van der Waals surface area contributed by atoms with E-state index in [9.17, 15) is 0 Å². The van der Waals surface area contributed by atoms with Gasteiger partial charge in [-0.05, 0) is 13.0 Å². The molecular formula is C8H6ClN5. The fourth-order valence-electron chi connectivity index (χ4n) is 0.944. The van der Waals surface area contributed by atoms with Crippen molar-refractivity contribution in [1.29, 1.82) is 0 Å². The molecule has 0 N–H and O–H groups in total. The third-order valence-corrected chi connectivity index (χ3v) is 1.89. The highest BCUT2D eigenvalue weighted by molar-refractivity contribution is 6.33. The Morgan fingerprint density at radius 3 is 2.50 bits per heavy atom. The van der Waals surface area contributed by atoms with Gasteiger partial charge in [-0.1, -0.05) is 11.6 Å². The molecule has 0 aliphatic rings. The Morgan fingerprint density at radius 2 is 1.86 bits per heavy atom. The third kappa shape index (κ3) is 1.67. The standard InChI is InChI=1S/C8H6ClN5/c1-5-11-13-8(14-12-5)6-2-3-10-4-7(6)9/h2-4H,1H3. The number of pyridine rings is 1. The number of rotatable bonds is 1. The van der Waals surface area contributed by atoms with Gasteiger partial charge in [0.05, 0.1) is 5.02 Å². The first-order valence-corrected chi connectivity index (χ1v) is 4.29. The van der Waals surface area contributed by atoms with Gasteiger partial charge in [-0.3, -0.25) is 4.98 Å². The van der Waals surface area contributed by atoms with Crippen LogP contribution in [0.5, 0.6) is 0 Å².